The number of rotatable bonds is 4. The molecule has 25 heavy (non-hydrogen) atoms. The van der Waals surface area contributed by atoms with Gasteiger partial charge in [-0.2, -0.15) is 0 Å². The van der Waals surface area contributed by atoms with Gasteiger partial charge in [0.05, 0.1) is 0 Å². The first-order chi connectivity index (χ1) is 11.2. The van der Waals surface area contributed by atoms with Gasteiger partial charge < -0.3 is 24.8 Å². The first kappa shape index (κ1) is 20.7. The topological polar surface area (TPSA) is 0 Å². The van der Waals surface area contributed by atoms with Crippen LogP contribution in [0.2, 0.25) is 3.63 Å². The van der Waals surface area contributed by atoms with Gasteiger partial charge in [0.15, 0.2) is 0 Å². The van der Waals surface area contributed by atoms with E-state index in [0.29, 0.717) is 11.8 Å². The zero-order chi connectivity index (χ0) is 15.8. The Hall–Kier alpha value is -0.617. The van der Waals surface area contributed by atoms with Crippen LogP contribution in [-0.2, 0) is 24.7 Å². The minimum atomic E-state index is 0. The molecule has 0 N–H and O–H groups in total. The molecule has 0 bridgehead atoms. The van der Waals surface area contributed by atoms with Crippen molar-refractivity contribution in [2.75, 3.05) is 0 Å². The van der Waals surface area contributed by atoms with E-state index in [4.69, 9.17) is 0 Å². The normalized spacial score (nSPS) is 21.7. The van der Waals surface area contributed by atoms with Gasteiger partial charge in [0.1, 0.15) is 0 Å². The fourth-order valence-electron chi connectivity index (χ4n) is 4.02. The number of benzene rings is 2. The Labute approximate surface area is 178 Å². The minimum Gasteiger partial charge on any atom is -1.00 e. The van der Waals surface area contributed by atoms with E-state index >= 15 is 0 Å². The Bertz CT molecular complexity index is 781. The second-order valence-electron chi connectivity index (χ2n) is 6.85. The number of halogens is 2. The Balaban J connectivity index is 0.00000113. The third-order valence-electron chi connectivity index (χ3n) is 5.37. The quantitative estimate of drug-likeness (QED) is 0.618. The van der Waals surface area contributed by atoms with Gasteiger partial charge in [-0.3, -0.25) is 0 Å². The molecule has 4 atom stereocenters. The average Bonchev–Trinajstić information content (AvgIpc) is 3.19. The molecule has 0 amide bonds. The summed E-state index contributed by atoms with van der Waals surface area (Å²) in [6.45, 7) is 2.45. The van der Waals surface area contributed by atoms with Crippen LogP contribution in [0.4, 0.5) is 0 Å². The molecule has 0 heterocycles. The van der Waals surface area contributed by atoms with E-state index in [2.05, 4.69) is 79.8 Å². The van der Waals surface area contributed by atoms with Crippen LogP contribution in [0.15, 0.2) is 60.7 Å². The van der Waals surface area contributed by atoms with Crippen molar-refractivity contribution < 1.29 is 49.5 Å². The molecule has 127 valence electrons. The van der Waals surface area contributed by atoms with Gasteiger partial charge in [-0.15, -0.1) is 0 Å². The molecule has 0 nitrogen and oxygen atoms in total. The molecule has 0 aromatic heterocycles. The SMILES string of the molecule is CC(CC1C=Cc2ccccc21)[CH]([Zr+2])C1C=Cc2ccccc21.[Cl-].[Cl-]. The summed E-state index contributed by atoms with van der Waals surface area (Å²) in [5, 5.41) is 0. The molecule has 0 spiro atoms. The zero-order valence-electron chi connectivity index (χ0n) is 14.2. The van der Waals surface area contributed by atoms with Crippen LogP contribution in [0, 0.1) is 5.92 Å². The second-order valence-corrected chi connectivity index (χ2v) is 8.49. The van der Waals surface area contributed by atoms with Crippen molar-refractivity contribution in [1.29, 1.82) is 0 Å². The van der Waals surface area contributed by atoms with E-state index in [1.54, 1.807) is 24.7 Å². The molecule has 2 aromatic rings. The molecule has 2 aliphatic rings. The maximum Gasteiger partial charge on any atom is -1.00 e. The van der Waals surface area contributed by atoms with Crippen molar-refractivity contribution in [2.24, 2.45) is 5.92 Å². The summed E-state index contributed by atoms with van der Waals surface area (Å²) in [5.41, 5.74) is 5.88. The fourth-order valence-corrected chi connectivity index (χ4v) is 5.07. The Morgan fingerprint density at radius 1 is 0.840 bits per heavy atom. The summed E-state index contributed by atoms with van der Waals surface area (Å²) in [6.07, 6.45) is 10.7. The van der Waals surface area contributed by atoms with Crippen LogP contribution in [0.3, 0.4) is 0 Å². The van der Waals surface area contributed by atoms with Gasteiger partial charge in [0.2, 0.25) is 0 Å². The van der Waals surface area contributed by atoms with Crippen molar-refractivity contribution in [2.45, 2.75) is 28.8 Å². The van der Waals surface area contributed by atoms with Crippen LogP contribution in [0.25, 0.3) is 12.2 Å². The van der Waals surface area contributed by atoms with Crippen molar-refractivity contribution in [3.63, 3.8) is 0 Å². The van der Waals surface area contributed by atoms with Gasteiger partial charge >= 0.3 is 155 Å². The summed E-state index contributed by atoms with van der Waals surface area (Å²) in [7, 11) is 0. The number of fused-ring (bicyclic) bond motifs is 2. The third-order valence-corrected chi connectivity index (χ3v) is 7.65. The first-order valence-electron chi connectivity index (χ1n) is 8.49. The number of hydrogen-bond acceptors (Lipinski definition) is 0. The number of hydrogen-bond donors (Lipinski definition) is 0. The molecule has 0 radical (unpaired) electrons. The van der Waals surface area contributed by atoms with E-state index < -0.39 is 0 Å². The van der Waals surface area contributed by atoms with Crippen molar-refractivity contribution in [1.82, 2.24) is 0 Å². The van der Waals surface area contributed by atoms with Crippen molar-refractivity contribution in [3.8, 4) is 0 Å². The molecule has 2 aromatic carbocycles. The Kier molecular flexibility index (Phi) is 7.33. The first-order valence-corrected chi connectivity index (χ1v) is 9.91. The third kappa shape index (κ3) is 4.05. The number of allylic oxidation sites excluding steroid dienone is 2. The van der Waals surface area contributed by atoms with E-state index in [1.807, 2.05) is 0 Å². The molecule has 2 aliphatic carbocycles. The largest absolute Gasteiger partial charge is 1.00 e. The summed E-state index contributed by atoms with van der Waals surface area (Å²) < 4.78 is 0.753. The van der Waals surface area contributed by atoms with Gasteiger partial charge in [-0.25, -0.2) is 0 Å². The van der Waals surface area contributed by atoms with Gasteiger partial charge in [-0.1, -0.05) is 0 Å². The van der Waals surface area contributed by atoms with Crippen molar-refractivity contribution >= 4 is 12.2 Å². The second kappa shape index (κ2) is 8.85. The Morgan fingerprint density at radius 3 is 2.12 bits per heavy atom. The zero-order valence-corrected chi connectivity index (χ0v) is 18.2. The molecule has 4 rings (SSSR count). The average molecular weight is 448 g/mol. The van der Waals surface area contributed by atoms with Crippen LogP contribution >= 0.6 is 0 Å². The molecule has 4 unspecified atom stereocenters. The summed E-state index contributed by atoms with van der Waals surface area (Å²) >= 11 is 1.66. The monoisotopic (exact) mass is 445 g/mol. The maximum absolute atomic E-state index is 2.45. The van der Waals surface area contributed by atoms with Gasteiger partial charge in [0, 0.05) is 0 Å². The van der Waals surface area contributed by atoms with Crippen molar-refractivity contribution in [3.05, 3.63) is 82.9 Å². The summed E-state index contributed by atoms with van der Waals surface area (Å²) in [6, 6.07) is 17.7. The summed E-state index contributed by atoms with van der Waals surface area (Å²) in [5.74, 6) is 1.94. The molecule has 0 saturated carbocycles. The maximum atomic E-state index is 2.45. The van der Waals surface area contributed by atoms with E-state index in [1.165, 1.54) is 28.7 Å². The molecule has 0 aliphatic heterocycles. The van der Waals surface area contributed by atoms with Crippen LogP contribution in [0.5, 0.6) is 0 Å². The molecular formula is C22H21Cl2Zr. The summed E-state index contributed by atoms with van der Waals surface area (Å²) in [4.78, 5) is 0. The Morgan fingerprint density at radius 2 is 1.40 bits per heavy atom. The van der Waals surface area contributed by atoms with Crippen LogP contribution in [0.1, 0.15) is 47.4 Å². The van der Waals surface area contributed by atoms with E-state index in [-0.39, 0.29) is 24.8 Å². The predicted octanol–water partition coefficient (Wildman–Crippen LogP) is -0.0229. The standard InChI is InChI=1S/C22H21.2ClH.Zr/c1-16(14-19-12-10-17-6-2-4-8-21(17)19)15-20-13-11-18-7-3-5-9-22(18)20;;;/h2-14,16,19-20H,15H2,1H3;2*1H;/q;;;+2/p-2. The minimum absolute atomic E-state index is 0. The van der Waals surface area contributed by atoms with E-state index in [9.17, 15) is 0 Å². The molecule has 0 saturated heterocycles. The molecule has 0 fully saturated rings. The van der Waals surface area contributed by atoms with Gasteiger partial charge in [-0.05, 0) is 0 Å². The smallest absolute Gasteiger partial charge is 1.00 e. The fraction of sp³-hybridized carbons (Fsp3) is 0.273. The van der Waals surface area contributed by atoms with Gasteiger partial charge in [0.25, 0.3) is 0 Å². The molecule has 3 heteroatoms. The predicted molar refractivity (Wildman–Crippen MR) is 94.0 cm³/mol. The van der Waals surface area contributed by atoms with Crippen LogP contribution in [-0.4, -0.2) is 0 Å². The van der Waals surface area contributed by atoms with E-state index in [0.717, 1.165) is 9.54 Å². The van der Waals surface area contributed by atoms with Crippen LogP contribution < -0.4 is 24.8 Å². The molecular weight excluding hydrogens is 426 g/mol.